The highest BCUT2D eigenvalue weighted by Gasteiger charge is 2.02. The van der Waals surface area contributed by atoms with Crippen LogP contribution >= 0.6 is 11.5 Å². The van der Waals surface area contributed by atoms with Gasteiger partial charge in [0.2, 0.25) is 5.06 Å². The first kappa shape index (κ1) is 7.01. The van der Waals surface area contributed by atoms with Crippen molar-refractivity contribution < 1.29 is 14.3 Å². The molecule has 0 radical (unpaired) electrons. The van der Waals surface area contributed by atoms with E-state index in [1.165, 1.54) is 7.11 Å². The molecule has 0 spiro atoms. The van der Waals surface area contributed by atoms with Gasteiger partial charge in [-0.1, -0.05) is 0 Å². The summed E-state index contributed by atoms with van der Waals surface area (Å²) in [6.45, 7) is 0. The molecule has 1 aromatic rings. The fraction of sp³-hybridized carbons (Fsp3) is 0.200. The van der Waals surface area contributed by atoms with Crippen LogP contribution in [-0.4, -0.2) is 17.6 Å². The number of aromatic nitrogens is 1. The van der Waals surface area contributed by atoms with Crippen LogP contribution in [0.1, 0.15) is 0 Å². The molecule has 0 aromatic carbocycles. The molecule has 0 N–H and O–H groups in total. The van der Waals surface area contributed by atoms with Crippen LogP contribution in [0.4, 0.5) is 4.79 Å². The minimum atomic E-state index is -0.718. The van der Waals surface area contributed by atoms with Gasteiger partial charge in [-0.2, -0.15) is 4.37 Å². The Morgan fingerprint density at radius 3 is 3.10 bits per heavy atom. The van der Waals surface area contributed by atoms with Gasteiger partial charge in [-0.3, -0.25) is 0 Å². The molecule has 0 aliphatic rings. The van der Waals surface area contributed by atoms with Gasteiger partial charge in [-0.15, -0.1) is 0 Å². The molecule has 54 valence electrons. The molecule has 5 heteroatoms. The summed E-state index contributed by atoms with van der Waals surface area (Å²) in [5.41, 5.74) is 0. The summed E-state index contributed by atoms with van der Waals surface area (Å²) < 4.78 is 12.6. The van der Waals surface area contributed by atoms with Crippen LogP contribution < -0.4 is 4.74 Å². The average Bonchev–Trinajstić information content (AvgIpc) is 2.40. The fourth-order valence-electron chi connectivity index (χ4n) is 0.381. The van der Waals surface area contributed by atoms with Gasteiger partial charge in [0, 0.05) is 23.8 Å². The smallest absolute Gasteiger partial charge is 0.437 e. The maximum Gasteiger partial charge on any atom is 0.514 e. The normalized spacial score (nSPS) is 8.90. The zero-order chi connectivity index (χ0) is 7.40. The van der Waals surface area contributed by atoms with Crippen molar-refractivity contribution in [2.24, 2.45) is 0 Å². The number of rotatable bonds is 1. The van der Waals surface area contributed by atoms with Crippen molar-refractivity contribution in [2.75, 3.05) is 7.11 Å². The number of methoxy groups -OCH3 is 1. The first-order chi connectivity index (χ1) is 4.83. The number of carbonyl (C=O) groups excluding carboxylic acids is 1. The van der Waals surface area contributed by atoms with Gasteiger partial charge in [-0.25, -0.2) is 4.79 Å². The zero-order valence-electron chi connectivity index (χ0n) is 5.23. The van der Waals surface area contributed by atoms with Gasteiger partial charge in [0.1, 0.15) is 0 Å². The van der Waals surface area contributed by atoms with Gasteiger partial charge < -0.3 is 9.47 Å². The molecule has 0 saturated carbocycles. The molecule has 0 aliphatic carbocycles. The van der Waals surface area contributed by atoms with Gasteiger partial charge in [0.25, 0.3) is 0 Å². The Kier molecular flexibility index (Phi) is 2.22. The monoisotopic (exact) mass is 159 g/mol. The molecule has 0 bridgehead atoms. The predicted molar refractivity (Wildman–Crippen MR) is 35.1 cm³/mol. The van der Waals surface area contributed by atoms with E-state index in [1.807, 2.05) is 0 Å². The Bertz CT molecular complexity index is 209. The highest BCUT2D eigenvalue weighted by Crippen LogP contribution is 2.14. The van der Waals surface area contributed by atoms with Crippen LogP contribution in [0.5, 0.6) is 5.06 Å². The summed E-state index contributed by atoms with van der Waals surface area (Å²) in [6.07, 6.45) is 0.826. The molecule has 0 fully saturated rings. The van der Waals surface area contributed by atoms with Crippen LogP contribution in [0.15, 0.2) is 12.3 Å². The highest BCUT2D eigenvalue weighted by molar-refractivity contribution is 7.07. The molecule has 0 amide bonds. The lowest BCUT2D eigenvalue weighted by Crippen LogP contribution is -2.05. The Labute approximate surface area is 61.6 Å². The van der Waals surface area contributed by atoms with E-state index in [2.05, 4.69) is 13.8 Å². The number of ether oxygens (including phenoxy) is 2. The van der Waals surface area contributed by atoms with Crippen molar-refractivity contribution in [1.29, 1.82) is 0 Å². The van der Waals surface area contributed by atoms with E-state index in [4.69, 9.17) is 0 Å². The fourth-order valence-corrected chi connectivity index (χ4v) is 0.833. The third kappa shape index (κ3) is 1.70. The lowest BCUT2D eigenvalue weighted by Gasteiger charge is -1.95. The van der Waals surface area contributed by atoms with E-state index in [0.29, 0.717) is 5.06 Å². The average molecular weight is 159 g/mol. The van der Waals surface area contributed by atoms with Gasteiger partial charge in [0.05, 0.1) is 7.11 Å². The van der Waals surface area contributed by atoms with E-state index < -0.39 is 6.16 Å². The number of nitrogens with zero attached hydrogens (tertiary/aromatic N) is 1. The molecule has 0 saturated heterocycles. The lowest BCUT2D eigenvalue weighted by molar-refractivity contribution is 0.123. The first-order valence-electron chi connectivity index (χ1n) is 2.49. The summed E-state index contributed by atoms with van der Waals surface area (Å²) in [5.74, 6) is 0. The Balaban J connectivity index is 2.48. The summed E-state index contributed by atoms with van der Waals surface area (Å²) in [6, 6.07) is 1.58. The maximum atomic E-state index is 10.4. The summed E-state index contributed by atoms with van der Waals surface area (Å²) in [7, 11) is 1.25. The number of hydrogen-bond donors (Lipinski definition) is 0. The molecule has 1 heterocycles. The highest BCUT2D eigenvalue weighted by atomic mass is 32.1. The second-order valence-electron chi connectivity index (χ2n) is 1.39. The first-order valence-corrected chi connectivity index (χ1v) is 3.27. The van der Waals surface area contributed by atoms with Gasteiger partial charge >= 0.3 is 6.16 Å². The van der Waals surface area contributed by atoms with Crippen molar-refractivity contribution in [3.05, 3.63) is 12.3 Å². The standard InChI is InChI=1S/C5H5NO3S/c1-8-5(7)9-4-2-3-6-10-4/h2-3H,1H3. The third-order valence-electron chi connectivity index (χ3n) is 0.765. The molecule has 0 aliphatic heterocycles. The lowest BCUT2D eigenvalue weighted by atomic mass is 10.7. The van der Waals surface area contributed by atoms with Gasteiger partial charge in [-0.05, 0) is 0 Å². The predicted octanol–water partition coefficient (Wildman–Crippen LogP) is 1.29. The van der Waals surface area contributed by atoms with Crippen LogP contribution in [0, 0.1) is 0 Å². The van der Waals surface area contributed by atoms with Crippen molar-refractivity contribution >= 4 is 17.7 Å². The van der Waals surface area contributed by atoms with E-state index in [0.717, 1.165) is 11.5 Å². The minimum Gasteiger partial charge on any atom is -0.437 e. The van der Waals surface area contributed by atoms with E-state index >= 15 is 0 Å². The second-order valence-corrected chi connectivity index (χ2v) is 2.18. The van der Waals surface area contributed by atoms with E-state index in [-0.39, 0.29) is 0 Å². The van der Waals surface area contributed by atoms with Crippen LogP contribution in [-0.2, 0) is 4.74 Å². The van der Waals surface area contributed by atoms with Crippen molar-refractivity contribution in [2.45, 2.75) is 0 Å². The van der Waals surface area contributed by atoms with Crippen molar-refractivity contribution in [3.8, 4) is 5.06 Å². The molecule has 0 atom stereocenters. The minimum absolute atomic E-state index is 0.437. The van der Waals surface area contributed by atoms with Crippen molar-refractivity contribution in [3.63, 3.8) is 0 Å². The maximum absolute atomic E-state index is 10.4. The Hall–Kier alpha value is -1.10. The SMILES string of the molecule is COC(=O)Oc1ccns1. The molecular weight excluding hydrogens is 154 g/mol. The quantitative estimate of drug-likeness (QED) is 0.579. The van der Waals surface area contributed by atoms with Crippen LogP contribution in [0.3, 0.4) is 0 Å². The third-order valence-corrected chi connectivity index (χ3v) is 1.39. The molecule has 1 rings (SSSR count). The van der Waals surface area contributed by atoms with Crippen LogP contribution in [0.25, 0.3) is 0 Å². The molecule has 1 aromatic heterocycles. The van der Waals surface area contributed by atoms with E-state index in [1.54, 1.807) is 12.3 Å². The molecular formula is C5H5NO3S. The van der Waals surface area contributed by atoms with Gasteiger partial charge in [0.15, 0.2) is 0 Å². The molecule has 0 unspecified atom stereocenters. The van der Waals surface area contributed by atoms with Crippen LogP contribution in [0.2, 0.25) is 0 Å². The molecule has 10 heavy (non-hydrogen) atoms. The Morgan fingerprint density at radius 1 is 1.80 bits per heavy atom. The summed E-state index contributed by atoms with van der Waals surface area (Å²) in [4.78, 5) is 10.4. The van der Waals surface area contributed by atoms with E-state index in [9.17, 15) is 4.79 Å². The Morgan fingerprint density at radius 2 is 2.60 bits per heavy atom. The summed E-state index contributed by atoms with van der Waals surface area (Å²) >= 11 is 1.09. The topological polar surface area (TPSA) is 48.4 Å². The second kappa shape index (κ2) is 3.17. The summed E-state index contributed by atoms with van der Waals surface area (Å²) in [5, 5.41) is 0.437. The zero-order valence-corrected chi connectivity index (χ0v) is 6.05. The molecule has 4 nitrogen and oxygen atoms in total. The number of hydrogen-bond acceptors (Lipinski definition) is 5. The number of carbonyl (C=O) groups is 1. The van der Waals surface area contributed by atoms with Crippen molar-refractivity contribution in [1.82, 2.24) is 4.37 Å². The largest absolute Gasteiger partial charge is 0.514 e.